The summed E-state index contributed by atoms with van der Waals surface area (Å²) >= 11 is 5.09. The minimum Gasteiger partial charge on any atom is -0.455 e. The second-order valence-corrected chi connectivity index (χ2v) is 8.37. The number of esters is 1. The normalized spacial score (nSPS) is 16.7. The number of hydrogen-bond donors (Lipinski definition) is 1. The van der Waals surface area contributed by atoms with Crippen molar-refractivity contribution in [3.63, 3.8) is 0 Å². The number of rotatable bonds is 4. The summed E-state index contributed by atoms with van der Waals surface area (Å²) in [6.45, 7) is 4.48. The van der Waals surface area contributed by atoms with Crippen molar-refractivity contribution in [3.8, 4) is 0 Å². The SMILES string of the molecule is CCc1cc(Br)cc(C(=O)OCc2nc3c(s2)CC(C)CC3)c1N. The van der Waals surface area contributed by atoms with Gasteiger partial charge in [0.25, 0.3) is 0 Å². The van der Waals surface area contributed by atoms with Gasteiger partial charge < -0.3 is 10.5 Å². The van der Waals surface area contributed by atoms with Crippen LogP contribution in [0, 0.1) is 5.92 Å². The van der Waals surface area contributed by atoms with Crippen LogP contribution in [0.5, 0.6) is 0 Å². The number of aryl methyl sites for hydroxylation is 2. The molecule has 0 fully saturated rings. The lowest BCUT2D eigenvalue weighted by Gasteiger charge is -2.15. The van der Waals surface area contributed by atoms with Crippen LogP contribution < -0.4 is 5.73 Å². The molecule has 24 heavy (non-hydrogen) atoms. The molecule has 0 amide bonds. The standard InChI is InChI=1S/C18H21BrN2O2S/c1-3-11-7-12(19)8-13(17(11)20)18(22)23-9-16-21-14-5-4-10(2)6-15(14)24-16/h7-8,10H,3-6,9,20H2,1-2H3. The number of hydrogen-bond acceptors (Lipinski definition) is 5. The zero-order chi connectivity index (χ0) is 17.3. The Morgan fingerprint density at radius 3 is 3.04 bits per heavy atom. The molecular formula is C18H21BrN2O2S. The van der Waals surface area contributed by atoms with Crippen molar-refractivity contribution in [2.75, 3.05) is 5.73 Å². The molecule has 6 heteroatoms. The van der Waals surface area contributed by atoms with Crippen LogP contribution in [0.4, 0.5) is 5.69 Å². The third kappa shape index (κ3) is 3.64. The van der Waals surface area contributed by atoms with Gasteiger partial charge in [0.15, 0.2) is 0 Å². The van der Waals surface area contributed by atoms with Crippen LogP contribution in [0.2, 0.25) is 0 Å². The van der Waals surface area contributed by atoms with E-state index < -0.39 is 5.97 Å². The van der Waals surface area contributed by atoms with Crippen LogP contribution in [0.3, 0.4) is 0 Å². The minimum atomic E-state index is -0.398. The number of anilines is 1. The van der Waals surface area contributed by atoms with Gasteiger partial charge in [0.1, 0.15) is 11.6 Å². The summed E-state index contributed by atoms with van der Waals surface area (Å²) in [6.07, 6.45) is 4.06. The van der Waals surface area contributed by atoms with E-state index in [9.17, 15) is 4.79 Å². The molecule has 4 nitrogen and oxygen atoms in total. The number of aromatic nitrogens is 1. The number of nitrogen functional groups attached to an aromatic ring is 1. The van der Waals surface area contributed by atoms with Crippen LogP contribution in [-0.2, 0) is 30.6 Å². The lowest BCUT2D eigenvalue weighted by atomic mass is 9.93. The molecule has 1 aliphatic rings. The fraction of sp³-hybridized carbons (Fsp3) is 0.444. The summed E-state index contributed by atoms with van der Waals surface area (Å²) in [7, 11) is 0. The largest absolute Gasteiger partial charge is 0.455 e. The Bertz CT molecular complexity index is 773. The minimum absolute atomic E-state index is 0.207. The van der Waals surface area contributed by atoms with Gasteiger partial charge >= 0.3 is 5.97 Å². The van der Waals surface area contributed by atoms with Gasteiger partial charge in [-0.2, -0.15) is 0 Å². The average Bonchev–Trinajstić information content (AvgIpc) is 2.96. The van der Waals surface area contributed by atoms with E-state index in [-0.39, 0.29) is 6.61 Å². The molecule has 1 heterocycles. The van der Waals surface area contributed by atoms with Crippen molar-refractivity contribution >= 4 is 38.9 Å². The Morgan fingerprint density at radius 1 is 1.50 bits per heavy atom. The van der Waals surface area contributed by atoms with E-state index in [0.717, 1.165) is 34.3 Å². The summed E-state index contributed by atoms with van der Waals surface area (Å²) < 4.78 is 6.29. The highest BCUT2D eigenvalue weighted by Gasteiger charge is 2.21. The molecule has 0 radical (unpaired) electrons. The molecule has 1 unspecified atom stereocenters. The van der Waals surface area contributed by atoms with Crippen molar-refractivity contribution in [1.29, 1.82) is 0 Å². The summed E-state index contributed by atoms with van der Waals surface area (Å²) in [5, 5.41) is 0.867. The predicted molar refractivity (Wildman–Crippen MR) is 100 cm³/mol. The number of nitrogens with zero attached hydrogens (tertiary/aromatic N) is 1. The number of fused-ring (bicyclic) bond motifs is 1. The van der Waals surface area contributed by atoms with Crippen molar-refractivity contribution < 1.29 is 9.53 Å². The predicted octanol–water partition coefficient (Wildman–Crippen LogP) is 4.53. The van der Waals surface area contributed by atoms with E-state index >= 15 is 0 Å². The summed E-state index contributed by atoms with van der Waals surface area (Å²) in [6, 6.07) is 3.65. The van der Waals surface area contributed by atoms with Gasteiger partial charge in [0.05, 0.1) is 11.3 Å². The maximum absolute atomic E-state index is 12.4. The topological polar surface area (TPSA) is 65.2 Å². The average molecular weight is 409 g/mol. The van der Waals surface area contributed by atoms with Crippen molar-refractivity contribution in [2.24, 2.45) is 5.92 Å². The molecule has 1 aromatic heterocycles. The zero-order valence-corrected chi connectivity index (χ0v) is 16.3. The van der Waals surface area contributed by atoms with E-state index in [1.807, 2.05) is 13.0 Å². The second kappa shape index (κ2) is 7.23. The number of carbonyl (C=O) groups is 1. The lowest BCUT2D eigenvalue weighted by Crippen LogP contribution is -2.10. The molecule has 0 saturated heterocycles. The van der Waals surface area contributed by atoms with E-state index in [1.165, 1.54) is 17.0 Å². The van der Waals surface area contributed by atoms with Gasteiger partial charge in [-0.1, -0.05) is 29.8 Å². The first-order chi connectivity index (χ1) is 11.5. The molecule has 0 spiro atoms. The highest BCUT2D eigenvalue weighted by Crippen LogP contribution is 2.30. The summed E-state index contributed by atoms with van der Waals surface area (Å²) in [5.41, 5.74) is 9.12. The summed E-state index contributed by atoms with van der Waals surface area (Å²) in [4.78, 5) is 18.4. The Morgan fingerprint density at radius 2 is 2.29 bits per heavy atom. The molecule has 0 saturated carbocycles. The molecule has 3 rings (SSSR count). The van der Waals surface area contributed by atoms with E-state index in [2.05, 4.69) is 27.8 Å². The van der Waals surface area contributed by atoms with Crippen molar-refractivity contribution in [2.45, 2.75) is 46.1 Å². The third-order valence-electron chi connectivity index (χ3n) is 4.39. The van der Waals surface area contributed by atoms with E-state index in [1.54, 1.807) is 17.4 Å². The molecule has 128 valence electrons. The molecule has 1 aliphatic carbocycles. The van der Waals surface area contributed by atoms with Crippen LogP contribution in [0.15, 0.2) is 16.6 Å². The Balaban J connectivity index is 1.71. The van der Waals surface area contributed by atoms with Crippen LogP contribution >= 0.6 is 27.3 Å². The van der Waals surface area contributed by atoms with Gasteiger partial charge in [-0.25, -0.2) is 9.78 Å². The van der Waals surface area contributed by atoms with Gasteiger partial charge in [-0.15, -0.1) is 11.3 Å². The van der Waals surface area contributed by atoms with E-state index in [4.69, 9.17) is 10.5 Å². The van der Waals surface area contributed by atoms with Crippen molar-refractivity contribution in [3.05, 3.63) is 43.3 Å². The first-order valence-electron chi connectivity index (χ1n) is 8.20. The number of ether oxygens (including phenoxy) is 1. The third-order valence-corrected chi connectivity index (χ3v) is 5.94. The summed E-state index contributed by atoms with van der Waals surface area (Å²) in [5.74, 6) is 0.312. The molecule has 0 bridgehead atoms. The fourth-order valence-corrected chi connectivity index (χ4v) is 4.69. The smallest absolute Gasteiger partial charge is 0.340 e. The Hall–Kier alpha value is -1.40. The quantitative estimate of drug-likeness (QED) is 0.595. The first-order valence-corrected chi connectivity index (χ1v) is 9.81. The lowest BCUT2D eigenvalue weighted by molar-refractivity contribution is 0.0473. The number of halogens is 1. The van der Waals surface area contributed by atoms with Gasteiger partial charge in [-0.3, -0.25) is 0 Å². The second-order valence-electron chi connectivity index (χ2n) is 6.28. The first kappa shape index (κ1) is 17.4. The molecular weight excluding hydrogens is 388 g/mol. The monoisotopic (exact) mass is 408 g/mol. The maximum atomic E-state index is 12.4. The van der Waals surface area contributed by atoms with Crippen molar-refractivity contribution in [1.82, 2.24) is 4.98 Å². The van der Waals surface area contributed by atoms with Crippen LogP contribution in [0.1, 0.15) is 51.8 Å². The van der Waals surface area contributed by atoms with Gasteiger partial charge in [0.2, 0.25) is 0 Å². The van der Waals surface area contributed by atoms with Gasteiger partial charge in [-0.05, 0) is 49.3 Å². The number of carbonyl (C=O) groups excluding carboxylic acids is 1. The van der Waals surface area contributed by atoms with Crippen LogP contribution in [-0.4, -0.2) is 11.0 Å². The fourth-order valence-electron chi connectivity index (χ4n) is 3.00. The highest BCUT2D eigenvalue weighted by molar-refractivity contribution is 9.10. The van der Waals surface area contributed by atoms with Gasteiger partial charge in [0, 0.05) is 15.0 Å². The van der Waals surface area contributed by atoms with Crippen LogP contribution in [0.25, 0.3) is 0 Å². The Kier molecular flexibility index (Phi) is 5.25. The zero-order valence-electron chi connectivity index (χ0n) is 13.9. The molecule has 2 aromatic rings. The molecule has 0 aliphatic heterocycles. The highest BCUT2D eigenvalue weighted by atomic mass is 79.9. The molecule has 1 aromatic carbocycles. The number of thiazole rings is 1. The maximum Gasteiger partial charge on any atom is 0.340 e. The molecule has 2 N–H and O–H groups in total. The Labute approximate surface area is 154 Å². The number of benzene rings is 1. The van der Waals surface area contributed by atoms with E-state index in [0.29, 0.717) is 17.2 Å². The number of nitrogens with two attached hydrogens (primary N) is 1. The molecule has 1 atom stereocenters.